The number of fused-ring (bicyclic) bond motifs is 4. The van der Waals surface area contributed by atoms with Crippen molar-refractivity contribution in [1.29, 1.82) is 0 Å². The van der Waals surface area contributed by atoms with Crippen LogP contribution in [0.4, 0.5) is 5.69 Å². The van der Waals surface area contributed by atoms with Crippen LogP contribution in [-0.4, -0.2) is 50.1 Å². The number of benzene rings is 3. The highest BCUT2D eigenvalue weighted by Gasteiger charge is 2.68. The molecule has 4 unspecified atom stereocenters. The molecule has 1 saturated carbocycles. The van der Waals surface area contributed by atoms with Crippen LogP contribution in [0.5, 0.6) is 17.2 Å². The molecule has 3 heterocycles. The topological polar surface area (TPSA) is 137 Å². The molecular weight excluding hydrogens is 590 g/mol. The average Bonchev–Trinajstić information content (AvgIpc) is 3.42. The van der Waals surface area contributed by atoms with Crippen molar-refractivity contribution in [3.63, 3.8) is 0 Å². The summed E-state index contributed by atoms with van der Waals surface area (Å²) < 4.78 is 14.9. The van der Waals surface area contributed by atoms with Gasteiger partial charge in [0.25, 0.3) is 11.8 Å². The third-order valence-corrected chi connectivity index (χ3v) is 9.68. The molecule has 0 radical (unpaired) electrons. The summed E-state index contributed by atoms with van der Waals surface area (Å²) in [7, 11) is 4.25. The fourth-order valence-corrected chi connectivity index (χ4v) is 7.57. The fourth-order valence-electron chi connectivity index (χ4n) is 7.57. The van der Waals surface area contributed by atoms with Crippen LogP contribution in [0.25, 0.3) is 0 Å². The Kier molecular flexibility index (Phi) is 6.69. The second kappa shape index (κ2) is 10.5. The Morgan fingerprint density at radius 1 is 0.913 bits per heavy atom. The summed E-state index contributed by atoms with van der Waals surface area (Å²) >= 11 is 0. The number of carbonyl (C=O) groups excluding carboxylic acids is 2. The smallest absolute Gasteiger partial charge is 0.347 e. The number of rotatable bonds is 6. The molecule has 46 heavy (non-hydrogen) atoms. The Bertz CT molecular complexity index is 2020. The van der Waals surface area contributed by atoms with E-state index in [1.165, 1.54) is 30.6 Å². The van der Waals surface area contributed by atoms with E-state index < -0.39 is 46.5 Å². The van der Waals surface area contributed by atoms with Crippen molar-refractivity contribution in [3.05, 3.63) is 116 Å². The second-order valence-corrected chi connectivity index (χ2v) is 12.0. The molecule has 2 fully saturated rings. The molecule has 0 spiro atoms. The molecular formula is C34H33N5O7. The van der Waals surface area contributed by atoms with E-state index in [-0.39, 0.29) is 30.2 Å². The lowest BCUT2D eigenvalue weighted by molar-refractivity contribution is -0.138. The molecule has 3 aliphatic rings. The number of carbonyl (C=O) groups is 2. The average molecular weight is 624 g/mol. The maximum atomic E-state index is 15.1. The van der Waals surface area contributed by atoms with Gasteiger partial charge in [0.1, 0.15) is 0 Å². The number of imide groups is 1. The van der Waals surface area contributed by atoms with Crippen molar-refractivity contribution in [3.8, 4) is 17.2 Å². The molecule has 4 atom stereocenters. The van der Waals surface area contributed by atoms with Crippen LogP contribution in [0.15, 0.2) is 88.0 Å². The van der Waals surface area contributed by atoms with Gasteiger partial charge in [0.15, 0.2) is 11.5 Å². The summed E-state index contributed by atoms with van der Waals surface area (Å²) in [6.45, 7) is 2.03. The molecule has 3 aromatic carbocycles. The lowest BCUT2D eigenvalue weighted by atomic mass is 9.53. The van der Waals surface area contributed by atoms with Gasteiger partial charge < -0.3 is 14.6 Å². The third kappa shape index (κ3) is 3.92. The minimum atomic E-state index is -1.48. The Labute approximate surface area is 263 Å². The van der Waals surface area contributed by atoms with Gasteiger partial charge in [-0.2, -0.15) is 5.01 Å². The van der Waals surface area contributed by atoms with E-state index in [0.717, 1.165) is 15.1 Å². The van der Waals surface area contributed by atoms with Gasteiger partial charge in [-0.25, -0.2) is 23.5 Å². The van der Waals surface area contributed by atoms with E-state index in [1.54, 1.807) is 24.3 Å². The third-order valence-electron chi connectivity index (χ3n) is 9.68. The standard InChI is InChI=1S/C34H33N5O7/c1-19-10-12-22(13-11-19)35-38-30(41)24-18-25-23(14-15-37-32(43)36(2)33(44)39(25)37)28(20-16-26(45-3)29(40)27(17-20)46-4)34(24,31(38)42)21-8-6-5-7-9-21/h5-14,16-17,24-25,28,35,40H,15,18H2,1-4H3. The van der Waals surface area contributed by atoms with E-state index in [0.29, 0.717) is 22.4 Å². The second-order valence-electron chi connectivity index (χ2n) is 12.0. The van der Waals surface area contributed by atoms with E-state index in [1.807, 2.05) is 55.5 Å². The molecule has 2 aliphatic heterocycles. The first kappa shape index (κ1) is 29.2. The number of aryl methyl sites for hydroxylation is 1. The Hall–Kier alpha value is -5.52. The van der Waals surface area contributed by atoms with E-state index in [2.05, 4.69) is 5.43 Å². The summed E-state index contributed by atoms with van der Waals surface area (Å²) in [6.07, 6.45) is 1.96. The molecule has 12 nitrogen and oxygen atoms in total. The Morgan fingerprint density at radius 2 is 1.57 bits per heavy atom. The number of hydrazine groups is 1. The van der Waals surface area contributed by atoms with Crippen LogP contribution in [-0.2, 0) is 28.6 Å². The molecule has 236 valence electrons. The van der Waals surface area contributed by atoms with Gasteiger partial charge in [-0.3, -0.25) is 15.0 Å². The quantitative estimate of drug-likeness (QED) is 0.247. The van der Waals surface area contributed by atoms with Crippen molar-refractivity contribution in [2.24, 2.45) is 13.0 Å². The summed E-state index contributed by atoms with van der Waals surface area (Å²) in [5.74, 6) is -2.69. The van der Waals surface area contributed by atoms with Gasteiger partial charge in [-0.15, -0.1) is 0 Å². The van der Waals surface area contributed by atoms with Crippen molar-refractivity contribution in [2.75, 3.05) is 19.6 Å². The zero-order chi connectivity index (χ0) is 32.5. The van der Waals surface area contributed by atoms with Crippen molar-refractivity contribution < 1.29 is 24.2 Å². The lowest BCUT2D eigenvalue weighted by Crippen LogP contribution is -2.53. The number of nitrogens with one attached hydrogen (secondary N) is 1. The zero-order valence-corrected chi connectivity index (χ0v) is 25.8. The molecule has 1 aliphatic carbocycles. The monoisotopic (exact) mass is 623 g/mol. The Balaban J connectivity index is 1.53. The number of hydrogen-bond acceptors (Lipinski definition) is 8. The van der Waals surface area contributed by atoms with Crippen LogP contribution in [0, 0.1) is 12.8 Å². The number of amides is 2. The number of allylic oxidation sites excluding steroid dienone is 2. The maximum absolute atomic E-state index is 15.1. The highest BCUT2D eigenvalue weighted by atomic mass is 16.5. The minimum Gasteiger partial charge on any atom is -0.502 e. The highest BCUT2D eigenvalue weighted by Crippen LogP contribution is 2.62. The number of ether oxygens (including phenoxy) is 2. The van der Waals surface area contributed by atoms with E-state index in [4.69, 9.17) is 9.47 Å². The lowest BCUT2D eigenvalue weighted by Gasteiger charge is -2.49. The molecule has 4 aromatic rings. The normalized spacial score (nSPS) is 23.3. The van der Waals surface area contributed by atoms with Crippen LogP contribution in [0.1, 0.15) is 35.1 Å². The predicted octanol–water partition coefficient (Wildman–Crippen LogP) is 3.00. The predicted molar refractivity (Wildman–Crippen MR) is 168 cm³/mol. The molecule has 0 bridgehead atoms. The zero-order valence-electron chi connectivity index (χ0n) is 25.8. The maximum Gasteiger partial charge on any atom is 0.347 e. The number of hydrogen-bond donors (Lipinski definition) is 2. The number of phenols is 1. The first-order valence-electron chi connectivity index (χ1n) is 14.9. The first-order valence-corrected chi connectivity index (χ1v) is 14.9. The minimum absolute atomic E-state index is 0.0869. The first-order chi connectivity index (χ1) is 22.1. The van der Waals surface area contributed by atoms with Gasteiger partial charge in [-0.05, 0) is 54.3 Å². The van der Waals surface area contributed by atoms with Crippen molar-refractivity contribution in [1.82, 2.24) is 18.9 Å². The van der Waals surface area contributed by atoms with Gasteiger partial charge in [0.2, 0.25) is 5.75 Å². The van der Waals surface area contributed by atoms with Crippen LogP contribution in [0.2, 0.25) is 0 Å². The van der Waals surface area contributed by atoms with Gasteiger partial charge >= 0.3 is 11.4 Å². The molecule has 2 amide bonds. The summed E-state index contributed by atoms with van der Waals surface area (Å²) in [6, 6.07) is 19.1. The number of anilines is 1. The number of aromatic hydroxyl groups is 1. The van der Waals surface area contributed by atoms with Crippen LogP contribution in [0.3, 0.4) is 0 Å². The summed E-state index contributed by atoms with van der Waals surface area (Å²) in [4.78, 5) is 56.3. The summed E-state index contributed by atoms with van der Waals surface area (Å²) in [5.41, 5.74) is 4.03. The van der Waals surface area contributed by atoms with Gasteiger partial charge in [0, 0.05) is 13.0 Å². The SMILES string of the molecule is COc1cc(C2C3=CCn4c(=O)n(C)c(=O)n4C3CC3C(=O)N(Nc4ccc(C)cc4)C(=O)C32c2ccccc2)cc(OC)c1O. The molecule has 12 heteroatoms. The largest absolute Gasteiger partial charge is 0.502 e. The molecule has 7 rings (SSSR count). The number of phenolic OH excluding ortho intramolecular Hbond substituents is 1. The molecule has 1 aromatic heterocycles. The number of methoxy groups -OCH3 is 2. The Morgan fingerprint density at radius 3 is 2.20 bits per heavy atom. The summed E-state index contributed by atoms with van der Waals surface area (Å²) in [5, 5.41) is 11.9. The van der Waals surface area contributed by atoms with E-state index >= 15 is 4.79 Å². The molecule has 1 saturated heterocycles. The van der Waals surface area contributed by atoms with Crippen LogP contribution < -0.4 is 26.3 Å². The number of nitrogens with zero attached hydrogens (tertiary/aromatic N) is 4. The highest BCUT2D eigenvalue weighted by molar-refractivity contribution is 6.12. The van der Waals surface area contributed by atoms with E-state index in [9.17, 15) is 19.5 Å². The van der Waals surface area contributed by atoms with Crippen molar-refractivity contribution >= 4 is 17.5 Å². The number of aromatic nitrogens is 3. The fraction of sp³-hybridized carbons (Fsp3) is 0.294. The van der Waals surface area contributed by atoms with Gasteiger partial charge in [0.05, 0.1) is 43.8 Å². The van der Waals surface area contributed by atoms with Crippen molar-refractivity contribution in [2.45, 2.75) is 37.3 Å². The van der Waals surface area contributed by atoms with Gasteiger partial charge in [-0.1, -0.05) is 54.1 Å². The van der Waals surface area contributed by atoms with Crippen LogP contribution >= 0.6 is 0 Å². The molecule has 2 N–H and O–H groups in total.